The fourth-order valence-corrected chi connectivity index (χ4v) is 4.84. The SMILES string of the molecule is CCCOC(=O)C1C2c3ccccc3C(c3ccccc32)C1C(=O)OCCC. The van der Waals surface area contributed by atoms with Crippen molar-refractivity contribution in [2.24, 2.45) is 11.8 Å². The van der Waals surface area contributed by atoms with E-state index in [-0.39, 0.29) is 23.8 Å². The van der Waals surface area contributed by atoms with E-state index in [4.69, 9.17) is 9.47 Å². The number of hydrogen-bond acceptors (Lipinski definition) is 4. The van der Waals surface area contributed by atoms with Crippen molar-refractivity contribution < 1.29 is 19.1 Å². The van der Waals surface area contributed by atoms with Crippen LogP contribution in [0.15, 0.2) is 48.5 Å². The van der Waals surface area contributed by atoms with E-state index < -0.39 is 11.8 Å². The van der Waals surface area contributed by atoms with Crippen LogP contribution in [0, 0.1) is 11.8 Å². The van der Waals surface area contributed by atoms with Crippen LogP contribution in [-0.2, 0) is 19.1 Å². The molecule has 28 heavy (non-hydrogen) atoms. The summed E-state index contributed by atoms with van der Waals surface area (Å²) >= 11 is 0. The summed E-state index contributed by atoms with van der Waals surface area (Å²) in [5.41, 5.74) is 4.52. The van der Waals surface area contributed by atoms with Crippen molar-refractivity contribution in [3.63, 3.8) is 0 Å². The number of esters is 2. The molecular weight excluding hydrogens is 352 g/mol. The van der Waals surface area contributed by atoms with Gasteiger partial charge in [-0.2, -0.15) is 0 Å². The average Bonchev–Trinajstić information content (AvgIpc) is 2.75. The first kappa shape index (κ1) is 18.7. The Kier molecular flexibility index (Phi) is 5.21. The maximum Gasteiger partial charge on any atom is 0.310 e. The molecule has 0 radical (unpaired) electrons. The van der Waals surface area contributed by atoms with Crippen LogP contribution >= 0.6 is 0 Å². The summed E-state index contributed by atoms with van der Waals surface area (Å²) in [6.45, 7) is 4.68. The van der Waals surface area contributed by atoms with Crippen LogP contribution in [0.2, 0.25) is 0 Å². The van der Waals surface area contributed by atoms with Crippen LogP contribution < -0.4 is 0 Å². The van der Waals surface area contributed by atoms with Crippen molar-refractivity contribution in [3.05, 3.63) is 70.8 Å². The summed E-state index contributed by atoms with van der Waals surface area (Å²) < 4.78 is 11.1. The molecule has 0 aromatic heterocycles. The molecule has 3 aliphatic rings. The summed E-state index contributed by atoms with van der Waals surface area (Å²) in [5.74, 6) is -2.04. The number of ether oxygens (including phenoxy) is 2. The Labute approximate surface area is 165 Å². The lowest BCUT2D eigenvalue weighted by molar-refractivity contribution is -0.163. The predicted octanol–water partition coefficient (Wildman–Crippen LogP) is 4.42. The Morgan fingerprint density at radius 2 is 1.00 bits per heavy atom. The molecule has 0 saturated carbocycles. The van der Waals surface area contributed by atoms with Crippen molar-refractivity contribution in [3.8, 4) is 0 Å². The molecule has 146 valence electrons. The standard InChI is InChI=1S/C24H26O4/c1-3-13-27-23(25)21-19-15-9-5-7-11-17(15)20(18-12-8-6-10-16(18)19)22(21)24(26)28-14-4-2/h5-12,19-22H,3-4,13-14H2,1-2H3. The van der Waals surface area contributed by atoms with E-state index in [1.165, 1.54) is 0 Å². The van der Waals surface area contributed by atoms with Gasteiger partial charge in [-0.15, -0.1) is 0 Å². The summed E-state index contributed by atoms with van der Waals surface area (Å²) in [6.07, 6.45) is 1.51. The van der Waals surface area contributed by atoms with Crippen LogP contribution in [-0.4, -0.2) is 25.2 Å². The lowest BCUT2D eigenvalue weighted by Gasteiger charge is -2.48. The number of carbonyl (C=O) groups excluding carboxylic acids is 2. The van der Waals surface area contributed by atoms with E-state index in [1.807, 2.05) is 38.1 Å². The minimum Gasteiger partial charge on any atom is -0.465 e. The molecule has 3 aliphatic carbocycles. The largest absolute Gasteiger partial charge is 0.465 e. The third-order valence-corrected chi connectivity index (χ3v) is 5.88. The lowest BCUT2D eigenvalue weighted by Crippen LogP contribution is -2.48. The Balaban J connectivity index is 1.86. The van der Waals surface area contributed by atoms with Gasteiger partial charge in [0.15, 0.2) is 0 Å². The Morgan fingerprint density at radius 3 is 1.29 bits per heavy atom. The van der Waals surface area contributed by atoms with Gasteiger partial charge >= 0.3 is 11.9 Å². The molecule has 0 saturated heterocycles. The fourth-order valence-electron chi connectivity index (χ4n) is 4.84. The van der Waals surface area contributed by atoms with Gasteiger partial charge in [0.05, 0.1) is 25.0 Å². The topological polar surface area (TPSA) is 52.6 Å². The highest BCUT2D eigenvalue weighted by molar-refractivity contribution is 5.88. The van der Waals surface area contributed by atoms with Gasteiger partial charge in [-0.1, -0.05) is 62.4 Å². The quantitative estimate of drug-likeness (QED) is 0.699. The fraction of sp³-hybridized carbons (Fsp3) is 0.417. The summed E-state index contributed by atoms with van der Waals surface area (Å²) in [4.78, 5) is 26.3. The van der Waals surface area contributed by atoms with Crippen LogP contribution in [0.4, 0.5) is 0 Å². The van der Waals surface area contributed by atoms with Crippen molar-refractivity contribution in [2.45, 2.75) is 38.5 Å². The summed E-state index contributed by atoms with van der Waals surface area (Å²) in [6, 6.07) is 16.3. The molecule has 5 rings (SSSR count). The molecule has 0 aliphatic heterocycles. The maximum atomic E-state index is 13.1. The third-order valence-electron chi connectivity index (χ3n) is 5.88. The van der Waals surface area contributed by atoms with Crippen molar-refractivity contribution in [1.82, 2.24) is 0 Å². The summed E-state index contributed by atoms with van der Waals surface area (Å²) in [5, 5.41) is 0. The molecule has 0 heterocycles. The second-order valence-electron chi connectivity index (χ2n) is 7.60. The van der Waals surface area contributed by atoms with Crippen molar-refractivity contribution in [2.75, 3.05) is 13.2 Å². The highest BCUT2D eigenvalue weighted by Crippen LogP contribution is 2.58. The van der Waals surface area contributed by atoms with Gasteiger partial charge in [-0.3, -0.25) is 9.59 Å². The minimum atomic E-state index is -0.550. The average molecular weight is 378 g/mol. The Bertz CT molecular complexity index is 768. The summed E-state index contributed by atoms with van der Waals surface area (Å²) in [7, 11) is 0. The number of rotatable bonds is 6. The van der Waals surface area contributed by atoms with Gasteiger partial charge in [0, 0.05) is 11.8 Å². The van der Waals surface area contributed by atoms with E-state index in [0.717, 1.165) is 35.1 Å². The monoisotopic (exact) mass is 378 g/mol. The molecule has 2 bridgehead atoms. The zero-order chi connectivity index (χ0) is 19.7. The molecule has 0 fully saturated rings. The first-order valence-electron chi connectivity index (χ1n) is 10.2. The van der Waals surface area contributed by atoms with Crippen LogP contribution in [0.1, 0.15) is 60.8 Å². The highest BCUT2D eigenvalue weighted by atomic mass is 16.5. The number of benzene rings is 2. The Hall–Kier alpha value is -2.62. The van der Waals surface area contributed by atoms with E-state index in [0.29, 0.717) is 13.2 Å². The normalized spacial score (nSPS) is 24.2. The molecule has 2 unspecified atom stereocenters. The molecule has 0 amide bonds. The number of hydrogen-bond donors (Lipinski definition) is 0. The molecule has 2 atom stereocenters. The van der Waals surface area contributed by atoms with Crippen LogP contribution in [0.3, 0.4) is 0 Å². The van der Waals surface area contributed by atoms with Gasteiger partial charge in [-0.05, 0) is 35.1 Å². The smallest absolute Gasteiger partial charge is 0.310 e. The molecule has 0 N–H and O–H groups in total. The maximum absolute atomic E-state index is 13.1. The molecular formula is C24H26O4. The predicted molar refractivity (Wildman–Crippen MR) is 106 cm³/mol. The molecule has 4 heteroatoms. The van der Waals surface area contributed by atoms with E-state index in [9.17, 15) is 9.59 Å². The number of fused-ring (bicyclic) bond motifs is 1. The first-order valence-corrected chi connectivity index (χ1v) is 10.2. The van der Waals surface area contributed by atoms with E-state index >= 15 is 0 Å². The molecule has 2 aromatic rings. The second-order valence-corrected chi connectivity index (χ2v) is 7.60. The van der Waals surface area contributed by atoms with Crippen molar-refractivity contribution >= 4 is 11.9 Å². The second kappa shape index (κ2) is 7.78. The van der Waals surface area contributed by atoms with E-state index in [2.05, 4.69) is 24.3 Å². The van der Waals surface area contributed by atoms with E-state index in [1.54, 1.807) is 0 Å². The molecule has 4 nitrogen and oxygen atoms in total. The van der Waals surface area contributed by atoms with Gasteiger partial charge in [0.25, 0.3) is 0 Å². The number of carbonyl (C=O) groups is 2. The van der Waals surface area contributed by atoms with Gasteiger partial charge in [0.2, 0.25) is 0 Å². The van der Waals surface area contributed by atoms with Gasteiger partial charge in [-0.25, -0.2) is 0 Å². The minimum absolute atomic E-state index is 0.180. The first-order chi connectivity index (χ1) is 13.7. The Morgan fingerprint density at radius 1 is 0.679 bits per heavy atom. The van der Waals surface area contributed by atoms with Gasteiger partial charge < -0.3 is 9.47 Å². The van der Waals surface area contributed by atoms with Crippen molar-refractivity contribution in [1.29, 1.82) is 0 Å². The van der Waals surface area contributed by atoms with Crippen LogP contribution in [0.5, 0.6) is 0 Å². The molecule has 0 spiro atoms. The zero-order valence-electron chi connectivity index (χ0n) is 16.4. The lowest BCUT2D eigenvalue weighted by atomic mass is 9.54. The van der Waals surface area contributed by atoms with Gasteiger partial charge in [0.1, 0.15) is 0 Å². The van der Waals surface area contributed by atoms with Crippen LogP contribution in [0.25, 0.3) is 0 Å². The highest BCUT2D eigenvalue weighted by Gasteiger charge is 2.56. The third kappa shape index (κ3) is 2.92. The molecule has 2 aromatic carbocycles. The zero-order valence-corrected chi connectivity index (χ0v) is 16.4.